The highest BCUT2D eigenvalue weighted by molar-refractivity contribution is 9.10. The normalized spacial score (nSPS) is 21.1. The number of pyridine rings is 1. The van der Waals surface area contributed by atoms with Crippen molar-refractivity contribution in [3.05, 3.63) is 58.0 Å². The lowest BCUT2D eigenvalue weighted by atomic mass is 9.84. The maximum absolute atomic E-state index is 13.3. The Hall–Kier alpha value is -1.93. The number of rotatable bonds is 2. The summed E-state index contributed by atoms with van der Waals surface area (Å²) < 4.78 is 40.4. The molecule has 1 unspecified atom stereocenters. The SMILES string of the molecule is C[C@@H]1Cc2c(ccc3[nH]ncc23)C(c2ccc(Br)nc2)N1CC(F)(F)F. The molecule has 1 N–H and O–H groups in total. The van der Waals surface area contributed by atoms with Crippen LogP contribution in [-0.4, -0.2) is 38.8 Å². The molecule has 0 radical (unpaired) electrons. The van der Waals surface area contributed by atoms with Gasteiger partial charge < -0.3 is 0 Å². The number of halogens is 4. The zero-order chi connectivity index (χ0) is 18.5. The first-order valence-electron chi connectivity index (χ1n) is 8.22. The van der Waals surface area contributed by atoms with E-state index in [1.807, 2.05) is 25.1 Å². The highest BCUT2D eigenvalue weighted by Crippen LogP contribution is 2.41. The van der Waals surface area contributed by atoms with Gasteiger partial charge in [0.15, 0.2) is 0 Å². The summed E-state index contributed by atoms with van der Waals surface area (Å²) in [5, 5.41) is 7.99. The molecule has 3 heterocycles. The van der Waals surface area contributed by atoms with Gasteiger partial charge in [-0.1, -0.05) is 12.1 Å². The fraction of sp³-hybridized carbons (Fsp3) is 0.333. The van der Waals surface area contributed by atoms with E-state index in [4.69, 9.17) is 0 Å². The summed E-state index contributed by atoms with van der Waals surface area (Å²) in [4.78, 5) is 5.74. The van der Waals surface area contributed by atoms with E-state index in [-0.39, 0.29) is 6.04 Å². The molecule has 2 aromatic heterocycles. The van der Waals surface area contributed by atoms with Crippen LogP contribution in [0, 0.1) is 0 Å². The largest absolute Gasteiger partial charge is 0.401 e. The van der Waals surface area contributed by atoms with Crippen LogP contribution in [0.1, 0.15) is 29.7 Å². The number of nitrogens with zero attached hydrogens (tertiary/aromatic N) is 3. The molecule has 0 bridgehead atoms. The van der Waals surface area contributed by atoms with E-state index in [1.165, 1.54) is 4.90 Å². The predicted molar refractivity (Wildman–Crippen MR) is 95.8 cm³/mol. The number of fused-ring (bicyclic) bond motifs is 3. The summed E-state index contributed by atoms with van der Waals surface area (Å²) in [6.45, 7) is 0.880. The third-order valence-electron chi connectivity index (χ3n) is 4.89. The molecule has 1 aromatic carbocycles. The van der Waals surface area contributed by atoms with E-state index in [0.29, 0.717) is 11.0 Å². The minimum Gasteiger partial charge on any atom is -0.281 e. The fourth-order valence-corrected chi connectivity index (χ4v) is 4.03. The van der Waals surface area contributed by atoms with E-state index >= 15 is 0 Å². The second-order valence-corrected chi connectivity index (χ2v) is 7.43. The van der Waals surface area contributed by atoms with Gasteiger partial charge in [-0.15, -0.1) is 0 Å². The Morgan fingerprint density at radius 2 is 2.04 bits per heavy atom. The molecular formula is C18H16BrF3N4. The third-order valence-corrected chi connectivity index (χ3v) is 5.36. The highest BCUT2D eigenvalue weighted by Gasteiger charge is 2.41. The monoisotopic (exact) mass is 424 g/mol. The average Bonchev–Trinajstić information content (AvgIpc) is 3.05. The predicted octanol–water partition coefficient (Wildman–Crippen LogP) is 4.62. The fourth-order valence-electron chi connectivity index (χ4n) is 3.80. The number of aromatic nitrogens is 3. The topological polar surface area (TPSA) is 44.8 Å². The van der Waals surface area contributed by atoms with Crippen molar-refractivity contribution < 1.29 is 13.2 Å². The summed E-state index contributed by atoms with van der Waals surface area (Å²) in [6, 6.07) is 6.59. The van der Waals surface area contributed by atoms with Crippen LogP contribution >= 0.6 is 15.9 Å². The van der Waals surface area contributed by atoms with Gasteiger partial charge in [-0.05, 0) is 58.1 Å². The number of H-pyrrole nitrogens is 1. The lowest BCUT2D eigenvalue weighted by molar-refractivity contribution is -0.155. The molecule has 4 rings (SSSR count). The van der Waals surface area contributed by atoms with Crippen LogP contribution in [0.3, 0.4) is 0 Å². The first-order chi connectivity index (χ1) is 12.3. The van der Waals surface area contributed by atoms with Crippen LogP contribution in [0.15, 0.2) is 41.3 Å². The lowest BCUT2D eigenvalue weighted by Crippen LogP contribution is -2.47. The molecule has 8 heteroatoms. The van der Waals surface area contributed by atoms with Gasteiger partial charge in [0.2, 0.25) is 0 Å². The molecule has 4 nitrogen and oxygen atoms in total. The third kappa shape index (κ3) is 3.12. The van der Waals surface area contributed by atoms with Crippen molar-refractivity contribution in [2.45, 2.75) is 31.6 Å². The molecule has 0 amide bonds. The van der Waals surface area contributed by atoms with Gasteiger partial charge in [0.05, 0.1) is 24.3 Å². The zero-order valence-electron chi connectivity index (χ0n) is 13.9. The molecule has 3 aromatic rings. The summed E-state index contributed by atoms with van der Waals surface area (Å²) in [7, 11) is 0. The van der Waals surface area contributed by atoms with Crippen LogP contribution in [0.4, 0.5) is 13.2 Å². The molecule has 0 saturated carbocycles. The number of alkyl halides is 3. The van der Waals surface area contributed by atoms with Gasteiger partial charge in [-0.25, -0.2) is 4.98 Å². The average molecular weight is 425 g/mol. The van der Waals surface area contributed by atoms with E-state index in [9.17, 15) is 13.2 Å². The van der Waals surface area contributed by atoms with E-state index in [0.717, 1.165) is 27.6 Å². The maximum Gasteiger partial charge on any atom is 0.401 e. The molecule has 0 saturated heterocycles. The first kappa shape index (κ1) is 17.5. The number of nitrogens with one attached hydrogen (secondary N) is 1. The molecule has 2 atom stereocenters. The quantitative estimate of drug-likeness (QED) is 0.610. The van der Waals surface area contributed by atoms with Gasteiger partial charge in [-0.3, -0.25) is 10.00 Å². The Kier molecular flexibility index (Phi) is 4.27. The van der Waals surface area contributed by atoms with E-state index < -0.39 is 18.8 Å². The minimum absolute atomic E-state index is 0.265. The zero-order valence-corrected chi connectivity index (χ0v) is 15.5. The van der Waals surface area contributed by atoms with Gasteiger partial charge in [0.1, 0.15) is 4.60 Å². The maximum atomic E-state index is 13.3. The molecule has 136 valence electrons. The van der Waals surface area contributed by atoms with E-state index in [2.05, 4.69) is 31.1 Å². The van der Waals surface area contributed by atoms with Crippen LogP contribution in [0.5, 0.6) is 0 Å². The van der Waals surface area contributed by atoms with Gasteiger partial charge in [0.25, 0.3) is 0 Å². The smallest absolute Gasteiger partial charge is 0.281 e. The Labute approximate surface area is 156 Å². The Morgan fingerprint density at radius 1 is 1.23 bits per heavy atom. The molecule has 0 aliphatic carbocycles. The van der Waals surface area contributed by atoms with Crippen molar-refractivity contribution >= 4 is 26.8 Å². The van der Waals surface area contributed by atoms with Crippen LogP contribution in [0.2, 0.25) is 0 Å². The van der Waals surface area contributed by atoms with Gasteiger partial charge >= 0.3 is 6.18 Å². The number of aromatic amines is 1. The molecule has 1 aliphatic rings. The van der Waals surface area contributed by atoms with Crippen molar-refractivity contribution in [3.8, 4) is 0 Å². The second kappa shape index (κ2) is 6.35. The summed E-state index contributed by atoms with van der Waals surface area (Å²) in [5.41, 5.74) is 3.57. The Balaban J connectivity index is 1.89. The van der Waals surface area contributed by atoms with E-state index in [1.54, 1.807) is 18.5 Å². The van der Waals surface area contributed by atoms with Crippen molar-refractivity contribution in [3.63, 3.8) is 0 Å². The number of hydrogen-bond acceptors (Lipinski definition) is 3. The van der Waals surface area contributed by atoms with Crippen molar-refractivity contribution in [2.75, 3.05) is 6.54 Å². The van der Waals surface area contributed by atoms with Crippen molar-refractivity contribution in [2.24, 2.45) is 0 Å². The molecule has 0 fully saturated rings. The number of benzene rings is 1. The Bertz CT molecular complexity index is 936. The second-order valence-electron chi connectivity index (χ2n) is 6.62. The van der Waals surface area contributed by atoms with Crippen LogP contribution in [-0.2, 0) is 6.42 Å². The summed E-state index contributed by atoms with van der Waals surface area (Å²) in [5.74, 6) is 0. The van der Waals surface area contributed by atoms with Crippen molar-refractivity contribution in [1.82, 2.24) is 20.1 Å². The lowest BCUT2D eigenvalue weighted by Gasteiger charge is -2.42. The molecule has 1 aliphatic heterocycles. The van der Waals surface area contributed by atoms with Gasteiger partial charge in [0, 0.05) is 17.6 Å². The Morgan fingerprint density at radius 3 is 2.73 bits per heavy atom. The minimum atomic E-state index is -4.27. The van der Waals surface area contributed by atoms with Gasteiger partial charge in [-0.2, -0.15) is 18.3 Å². The highest BCUT2D eigenvalue weighted by atomic mass is 79.9. The first-order valence-corrected chi connectivity index (χ1v) is 9.01. The molecule has 26 heavy (non-hydrogen) atoms. The summed E-state index contributed by atoms with van der Waals surface area (Å²) in [6.07, 6.45) is -0.341. The standard InChI is InChI=1S/C18H16BrF3N4/c1-10-6-13-12(3-4-15-14(13)8-24-25-15)17(26(10)9-18(20,21)22)11-2-5-16(19)23-7-11/h2-5,7-8,10,17H,6,9H2,1H3,(H,24,25)/t10-,17?/m1/s1. The van der Waals surface area contributed by atoms with Crippen LogP contribution < -0.4 is 0 Å². The van der Waals surface area contributed by atoms with Crippen molar-refractivity contribution in [1.29, 1.82) is 0 Å². The number of hydrogen-bond donors (Lipinski definition) is 1. The molecular weight excluding hydrogens is 409 g/mol. The molecule has 0 spiro atoms. The van der Waals surface area contributed by atoms with Crippen LogP contribution in [0.25, 0.3) is 10.9 Å². The summed E-state index contributed by atoms with van der Waals surface area (Å²) >= 11 is 3.29.